The first-order valence-corrected chi connectivity index (χ1v) is 11.4. The number of ether oxygens (including phenoxy) is 1. The van der Waals surface area contributed by atoms with Gasteiger partial charge in [-0.3, -0.25) is 0 Å². The van der Waals surface area contributed by atoms with Crippen molar-refractivity contribution in [1.82, 2.24) is 20.5 Å². The number of guanidine groups is 1. The molecule has 7 nitrogen and oxygen atoms in total. The summed E-state index contributed by atoms with van der Waals surface area (Å²) in [5.74, 6) is 1.47. The number of aliphatic imine (C=N–C) groups is 1. The van der Waals surface area contributed by atoms with Crippen LogP contribution in [0.2, 0.25) is 0 Å². The Bertz CT molecular complexity index is 808. The Labute approximate surface area is 186 Å². The standard InChI is InChI=1S/C24H37N5O2/c1-5-25-24(28-21-10-12-29(13-11-21)14-15-30-18(2)3)26-16-22-17-31-23(27-22)20-8-6-19(4)7-9-20/h6-9,17-18,21H,5,10-16H2,1-4H3,(H2,25,26,28). The lowest BCUT2D eigenvalue weighted by Crippen LogP contribution is -2.49. The lowest BCUT2D eigenvalue weighted by molar-refractivity contribution is 0.0532. The maximum Gasteiger partial charge on any atom is 0.226 e. The molecule has 0 unspecified atom stereocenters. The van der Waals surface area contributed by atoms with Gasteiger partial charge in [0.1, 0.15) is 12.0 Å². The maximum atomic E-state index is 5.68. The van der Waals surface area contributed by atoms with Crippen LogP contribution in [0.15, 0.2) is 39.9 Å². The Morgan fingerprint density at radius 2 is 2.00 bits per heavy atom. The van der Waals surface area contributed by atoms with Gasteiger partial charge in [-0.15, -0.1) is 0 Å². The summed E-state index contributed by atoms with van der Waals surface area (Å²) in [6.45, 7) is 13.6. The molecule has 31 heavy (non-hydrogen) atoms. The van der Waals surface area contributed by atoms with E-state index in [0.29, 0.717) is 24.6 Å². The van der Waals surface area contributed by atoms with Gasteiger partial charge in [0, 0.05) is 37.8 Å². The third-order valence-electron chi connectivity index (χ3n) is 5.38. The molecule has 2 heterocycles. The molecule has 1 aliphatic heterocycles. The van der Waals surface area contributed by atoms with Gasteiger partial charge >= 0.3 is 0 Å². The van der Waals surface area contributed by atoms with Crippen LogP contribution in [0.3, 0.4) is 0 Å². The number of hydrogen-bond donors (Lipinski definition) is 2. The number of likely N-dealkylation sites (tertiary alicyclic amines) is 1. The molecular formula is C24H37N5O2. The van der Waals surface area contributed by atoms with Crippen LogP contribution in [0, 0.1) is 6.92 Å². The van der Waals surface area contributed by atoms with Crippen molar-refractivity contribution >= 4 is 5.96 Å². The van der Waals surface area contributed by atoms with Crippen molar-refractivity contribution in [1.29, 1.82) is 0 Å². The number of oxazole rings is 1. The first-order valence-electron chi connectivity index (χ1n) is 11.4. The summed E-state index contributed by atoms with van der Waals surface area (Å²) in [5, 5.41) is 6.94. The number of rotatable bonds is 9. The molecule has 1 saturated heterocycles. The second-order valence-corrected chi connectivity index (χ2v) is 8.38. The first kappa shape index (κ1) is 23.3. The van der Waals surface area contributed by atoms with Gasteiger partial charge < -0.3 is 24.7 Å². The first-order chi connectivity index (χ1) is 15.0. The number of piperidine rings is 1. The smallest absolute Gasteiger partial charge is 0.226 e. The number of hydrogen-bond acceptors (Lipinski definition) is 5. The summed E-state index contributed by atoms with van der Waals surface area (Å²) in [5.41, 5.74) is 3.03. The summed E-state index contributed by atoms with van der Waals surface area (Å²) in [6, 6.07) is 8.61. The molecule has 7 heteroatoms. The molecule has 1 fully saturated rings. The topological polar surface area (TPSA) is 74.9 Å². The summed E-state index contributed by atoms with van der Waals surface area (Å²) in [4.78, 5) is 11.8. The van der Waals surface area contributed by atoms with Crippen LogP contribution in [0.5, 0.6) is 0 Å². The molecule has 0 atom stereocenters. The van der Waals surface area contributed by atoms with Crippen LogP contribution in [-0.4, -0.2) is 60.8 Å². The molecule has 0 amide bonds. The van der Waals surface area contributed by atoms with E-state index in [1.54, 1.807) is 6.26 Å². The summed E-state index contributed by atoms with van der Waals surface area (Å²) < 4.78 is 11.3. The number of nitrogens with zero attached hydrogens (tertiary/aromatic N) is 3. The van der Waals surface area contributed by atoms with E-state index in [4.69, 9.17) is 14.1 Å². The second-order valence-electron chi connectivity index (χ2n) is 8.38. The van der Waals surface area contributed by atoms with Gasteiger partial charge in [-0.1, -0.05) is 17.7 Å². The van der Waals surface area contributed by atoms with Crippen LogP contribution < -0.4 is 10.6 Å². The van der Waals surface area contributed by atoms with Crippen molar-refractivity contribution in [2.75, 3.05) is 32.8 Å². The second kappa shape index (κ2) is 11.9. The van der Waals surface area contributed by atoms with Crippen molar-refractivity contribution in [3.63, 3.8) is 0 Å². The summed E-state index contributed by atoms with van der Waals surface area (Å²) >= 11 is 0. The molecule has 0 spiro atoms. The molecule has 170 valence electrons. The van der Waals surface area contributed by atoms with Gasteiger partial charge in [-0.2, -0.15) is 0 Å². The molecule has 0 bridgehead atoms. The number of nitrogens with one attached hydrogen (secondary N) is 2. The average Bonchev–Trinajstić information content (AvgIpc) is 3.23. The molecule has 3 rings (SSSR count). The zero-order valence-corrected chi connectivity index (χ0v) is 19.4. The van der Waals surface area contributed by atoms with Crippen LogP contribution in [0.4, 0.5) is 0 Å². The van der Waals surface area contributed by atoms with Crippen LogP contribution in [0.1, 0.15) is 44.9 Å². The highest BCUT2D eigenvalue weighted by Gasteiger charge is 2.20. The summed E-state index contributed by atoms with van der Waals surface area (Å²) in [7, 11) is 0. The Morgan fingerprint density at radius 3 is 2.68 bits per heavy atom. The molecule has 0 saturated carbocycles. The van der Waals surface area contributed by atoms with Gasteiger partial charge in [-0.25, -0.2) is 9.98 Å². The molecular weight excluding hydrogens is 390 g/mol. The van der Waals surface area contributed by atoms with Crippen molar-refractivity contribution in [2.45, 2.75) is 59.2 Å². The van der Waals surface area contributed by atoms with Crippen LogP contribution in [-0.2, 0) is 11.3 Å². The lowest BCUT2D eigenvalue weighted by atomic mass is 10.1. The van der Waals surface area contributed by atoms with E-state index >= 15 is 0 Å². The van der Waals surface area contributed by atoms with Gasteiger partial charge in [-0.05, 0) is 52.7 Å². The fourth-order valence-corrected chi connectivity index (χ4v) is 3.60. The van der Waals surface area contributed by atoms with Crippen molar-refractivity contribution in [3.05, 3.63) is 41.8 Å². The van der Waals surface area contributed by atoms with E-state index < -0.39 is 0 Å². The largest absolute Gasteiger partial charge is 0.444 e. The monoisotopic (exact) mass is 427 g/mol. The molecule has 0 aliphatic carbocycles. The minimum Gasteiger partial charge on any atom is -0.444 e. The van der Waals surface area contributed by atoms with Crippen molar-refractivity contribution < 1.29 is 9.15 Å². The Balaban J connectivity index is 1.49. The predicted molar refractivity (Wildman–Crippen MR) is 125 cm³/mol. The molecule has 2 N–H and O–H groups in total. The van der Waals surface area contributed by atoms with Crippen LogP contribution in [0.25, 0.3) is 11.5 Å². The highest BCUT2D eigenvalue weighted by Crippen LogP contribution is 2.19. The molecule has 0 radical (unpaired) electrons. The molecule has 1 aromatic heterocycles. The molecule has 1 aliphatic rings. The van der Waals surface area contributed by atoms with E-state index in [9.17, 15) is 0 Å². The fraction of sp³-hybridized carbons (Fsp3) is 0.583. The summed E-state index contributed by atoms with van der Waals surface area (Å²) in [6.07, 6.45) is 4.21. The minimum atomic E-state index is 0.302. The highest BCUT2D eigenvalue weighted by atomic mass is 16.5. The Hall–Kier alpha value is -2.38. The van der Waals surface area contributed by atoms with E-state index in [0.717, 1.165) is 62.8 Å². The Kier molecular flexibility index (Phi) is 8.91. The Morgan fingerprint density at radius 1 is 1.26 bits per heavy atom. The van der Waals surface area contributed by atoms with Gasteiger partial charge in [0.15, 0.2) is 5.96 Å². The van der Waals surface area contributed by atoms with Gasteiger partial charge in [0.2, 0.25) is 5.89 Å². The van der Waals surface area contributed by atoms with Gasteiger partial charge in [0.05, 0.1) is 19.3 Å². The predicted octanol–water partition coefficient (Wildman–Crippen LogP) is 3.59. The molecule has 1 aromatic carbocycles. The third kappa shape index (κ3) is 7.67. The fourth-order valence-electron chi connectivity index (χ4n) is 3.60. The average molecular weight is 428 g/mol. The highest BCUT2D eigenvalue weighted by molar-refractivity contribution is 5.80. The SMILES string of the molecule is CCNC(=NCc1coc(-c2ccc(C)cc2)n1)NC1CCN(CCOC(C)C)CC1. The maximum absolute atomic E-state index is 5.68. The van der Waals surface area contributed by atoms with E-state index in [1.807, 2.05) is 12.1 Å². The van der Waals surface area contributed by atoms with Crippen molar-refractivity contribution in [2.24, 2.45) is 4.99 Å². The minimum absolute atomic E-state index is 0.302. The third-order valence-corrected chi connectivity index (χ3v) is 5.38. The lowest BCUT2D eigenvalue weighted by Gasteiger charge is -2.33. The van der Waals surface area contributed by atoms with Crippen molar-refractivity contribution in [3.8, 4) is 11.5 Å². The normalized spacial score (nSPS) is 16.1. The zero-order chi connectivity index (χ0) is 22.1. The van der Waals surface area contributed by atoms with E-state index in [1.165, 1.54) is 5.56 Å². The van der Waals surface area contributed by atoms with Gasteiger partial charge in [0.25, 0.3) is 0 Å². The van der Waals surface area contributed by atoms with E-state index in [2.05, 4.69) is 60.3 Å². The number of benzene rings is 1. The quantitative estimate of drug-likeness (QED) is 0.471. The van der Waals surface area contributed by atoms with E-state index in [-0.39, 0.29) is 0 Å². The number of aryl methyl sites for hydroxylation is 1. The van der Waals surface area contributed by atoms with Crippen LogP contribution >= 0.6 is 0 Å². The zero-order valence-electron chi connectivity index (χ0n) is 19.4. The number of aromatic nitrogens is 1. The molecule has 2 aromatic rings.